The van der Waals surface area contributed by atoms with Gasteiger partial charge in [0.05, 0.1) is 37.5 Å². The molecule has 1 saturated heterocycles. The third-order valence-corrected chi connectivity index (χ3v) is 3.37. The molecule has 0 bridgehead atoms. The predicted molar refractivity (Wildman–Crippen MR) is 71.5 cm³/mol. The molecular weight excluding hydrogens is 270 g/mol. The van der Waals surface area contributed by atoms with Crippen molar-refractivity contribution in [3.63, 3.8) is 0 Å². The van der Waals surface area contributed by atoms with Crippen LogP contribution in [0.5, 0.6) is 11.5 Å². The summed E-state index contributed by atoms with van der Waals surface area (Å²) in [5, 5.41) is 3.57. The van der Waals surface area contributed by atoms with Crippen molar-refractivity contribution in [3.05, 3.63) is 22.2 Å². The smallest absolute Gasteiger partial charge is 0.173 e. The normalized spacial score (nSPS) is 19.0. The Labute approximate surface area is 116 Å². The molecule has 6 heteroatoms. The summed E-state index contributed by atoms with van der Waals surface area (Å²) >= 11 is 6.12. The average molecular weight is 286 g/mol. The van der Waals surface area contributed by atoms with E-state index in [2.05, 4.69) is 5.32 Å². The van der Waals surface area contributed by atoms with Gasteiger partial charge in [-0.2, -0.15) is 0 Å². The highest BCUT2D eigenvalue weighted by Gasteiger charge is 2.25. The zero-order valence-electron chi connectivity index (χ0n) is 10.9. The lowest BCUT2D eigenvalue weighted by Crippen LogP contribution is -2.33. The van der Waals surface area contributed by atoms with E-state index in [-0.39, 0.29) is 11.7 Å². The molecule has 1 aromatic rings. The van der Waals surface area contributed by atoms with Crippen molar-refractivity contribution in [2.45, 2.75) is 6.10 Å². The van der Waals surface area contributed by atoms with Crippen LogP contribution < -0.4 is 14.8 Å². The quantitative estimate of drug-likeness (QED) is 0.856. The molecular formula is C13H16ClNO4. The largest absolute Gasteiger partial charge is 0.492 e. The van der Waals surface area contributed by atoms with Crippen LogP contribution in [0.4, 0.5) is 0 Å². The standard InChI is InChI=1S/C13H16ClNO4/c1-17-12-8(11-6-15-3-4-19-11)5-10(14)9(7-16)13(12)18-2/h5,7,11,15H,3-4,6H2,1-2H3. The number of hydrogen-bond acceptors (Lipinski definition) is 5. The first-order valence-electron chi connectivity index (χ1n) is 5.94. The molecule has 1 aliphatic rings. The summed E-state index contributed by atoms with van der Waals surface area (Å²) in [5.41, 5.74) is 1.07. The number of halogens is 1. The number of morpholine rings is 1. The summed E-state index contributed by atoms with van der Waals surface area (Å²) in [4.78, 5) is 11.1. The zero-order chi connectivity index (χ0) is 13.8. The Morgan fingerprint density at radius 2 is 2.16 bits per heavy atom. The number of aldehydes is 1. The Kier molecular flexibility index (Phi) is 4.63. The second-order valence-electron chi connectivity index (χ2n) is 4.11. The van der Waals surface area contributed by atoms with Crippen LogP contribution in [-0.2, 0) is 4.74 Å². The van der Waals surface area contributed by atoms with Crippen LogP contribution in [0.2, 0.25) is 5.02 Å². The molecule has 0 spiro atoms. The fourth-order valence-electron chi connectivity index (χ4n) is 2.17. The maximum Gasteiger partial charge on any atom is 0.173 e. The maximum atomic E-state index is 11.1. The third-order valence-electron chi connectivity index (χ3n) is 3.05. The van der Waals surface area contributed by atoms with Crippen LogP contribution in [0.1, 0.15) is 22.0 Å². The van der Waals surface area contributed by atoms with Crippen molar-refractivity contribution in [1.29, 1.82) is 0 Å². The Balaban J connectivity index is 2.53. The minimum absolute atomic E-state index is 0.171. The Morgan fingerprint density at radius 3 is 2.68 bits per heavy atom. The van der Waals surface area contributed by atoms with Crippen molar-refractivity contribution in [3.8, 4) is 11.5 Å². The second-order valence-corrected chi connectivity index (χ2v) is 4.52. The molecule has 19 heavy (non-hydrogen) atoms. The fourth-order valence-corrected chi connectivity index (χ4v) is 2.42. The van der Waals surface area contributed by atoms with Crippen molar-refractivity contribution in [1.82, 2.24) is 5.32 Å². The highest BCUT2D eigenvalue weighted by atomic mass is 35.5. The van der Waals surface area contributed by atoms with E-state index in [0.29, 0.717) is 36.0 Å². The summed E-state index contributed by atoms with van der Waals surface area (Å²) < 4.78 is 16.3. The van der Waals surface area contributed by atoms with E-state index in [1.165, 1.54) is 14.2 Å². The van der Waals surface area contributed by atoms with Gasteiger partial charge in [-0.25, -0.2) is 0 Å². The zero-order valence-corrected chi connectivity index (χ0v) is 11.6. The van der Waals surface area contributed by atoms with Gasteiger partial charge in [-0.1, -0.05) is 11.6 Å². The molecule has 1 atom stereocenters. The lowest BCUT2D eigenvalue weighted by Gasteiger charge is -2.26. The summed E-state index contributed by atoms with van der Waals surface area (Å²) in [5.74, 6) is 0.830. The molecule has 1 heterocycles. The first-order valence-corrected chi connectivity index (χ1v) is 6.32. The lowest BCUT2D eigenvalue weighted by atomic mass is 10.0. The number of methoxy groups -OCH3 is 2. The molecule has 1 aliphatic heterocycles. The number of nitrogens with one attached hydrogen (secondary N) is 1. The van der Waals surface area contributed by atoms with Crippen molar-refractivity contribution < 1.29 is 19.0 Å². The summed E-state index contributed by atoms with van der Waals surface area (Å²) in [6.45, 7) is 2.09. The minimum Gasteiger partial charge on any atom is -0.492 e. The van der Waals surface area contributed by atoms with E-state index in [9.17, 15) is 4.79 Å². The van der Waals surface area contributed by atoms with Crippen molar-refractivity contribution in [2.75, 3.05) is 33.9 Å². The van der Waals surface area contributed by atoms with Gasteiger partial charge in [0.25, 0.3) is 0 Å². The van der Waals surface area contributed by atoms with Gasteiger partial charge in [-0.05, 0) is 6.07 Å². The van der Waals surface area contributed by atoms with Crippen LogP contribution in [0.15, 0.2) is 6.07 Å². The van der Waals surface area contributed by atoms with Crippen LogP contribution in [0, 0.1) is 0 Å². The van der Waals surface area contributed by atoms with Gasteiger partial charge in [0.1, 0.15) is 0 Å². The van der Waals surface area contributed by atoms with E-state index in [4.69, 9.17) is 25.8 Å². The maximum absolute atomic E-state index is 11.1. The summed E-state index contributed by atoms with van der Waals surface area (Å²) in [6, 6.07) is 1.70. The molecule has 0 radical (unpaired) electrons. The number of carbonyl (C=O) groups excluding carboxylic acids is 1. The van der Waals surface area contributed by atoms with E-state index in [1.54, 1.807) is 6.07 Å². The molecule has 0 aliphatic carbocycles. The molecule has 104 valence electrons. The Bertz CT molecular complexity index is 472. The molecule has 1 unspecified atom stereocenters. The van der Waals surface area contributed by atoms with Gasteiger partial charge in [-0.15, -0.1) is 0 Å². The highest BCUT2D eigenvalue weighted by molar-refractivity contribution is 6.33. The first kappa shape index (κ1) is 14.1. The highest BCUT2D eigenvalue weighted by Crippen LogP contribution is 2.42. The molecule has 1 aromatic carbocycles. The Hall–Kier alpha value is -1.30. The second kappa shape index (κ2) is 6.23. The van der Waals surface area contributed by atoms with Crippen LogP contribution in [-0.4, -0.2) is 40.2 Å². The molecule has 0 aromatic heterocycles. The summed E-state index contributed by atoms with van der Waals surface area (Å²) in [7, 11) is 3.00. The van der Waals surface area contributed by atoms with E-state index >= 15 is 0 Å². The van der Waals surface area contributed by atoms with E-state index < -0.39 is 0 Å². The van der Waals surface area contributed by atoms with Crippen LogP contribution in [0.25, 0.3) is 0 Å². The Morgan fingerprint density at radius 1 is 1.42 bits per heavy atom. The van der Waals surface area contributed by atoms with Gasteiger partial charge in [0.2, 0.25) is 0 Å². The van der Waals surface area contributed by atoms with Crippen LogP contribution in [0.3, 0.4) is 0 Å². The molecule has 5 nitrogen and oxygen atoms in total. The molecule has 1 N–H and O–H groups in total. The van der Waals surface area contributed by atoms with E-state index in [0.717, 1.165) is 12.1 Å². The first-order chi connectivity index (χ1) is 9.22. The third kappa shape index (κ3) is 2.68. The number of ether oxygens (including phenoxy) is 3. The minimum atomic E-state index is -0.171. The van der Waals surface area contributed by atoms with Crippen molar-refractivity contribution >= 4 is 17.9 Å². The van der Waals surface area contributed by atoms with Gasteiger partial charge < -0.3 is 19.5 Å². The van der Waals surface area contributed by atoms with Crippen LogP contribution >= 0.6 is 11.6 Å². The van der Waals surface area contributed by atoms with Gasteiger partial charge >= 0.3 is 0 Å². The van der Waals surface area contributed by atoms with E-state index in [1.807, 2.05) is 0 Å². The molecule has 0 saturated carbocycles. The van der Waals surface area contributed by atoms with Gasteiger partial charge in [-0.3, -0.25) is 4.79 Å². The fraction of sp³-hybridized carbons (Fsp3) is 0.462. The topological polar surface area (TPSA) is 56.8 Å². The lowest BCUT2D eigenvalue weighted by molar-refractivity contribution is 0.0260. The summed E-state index contributed by atoms with van der Waals surface area (Å²) in [6.07, 6.45) is 0.490. The predicted octanol–water partition coefficient (Wildman–Crippen LogP) is 1.83. The number of benzene rings is 1. The molecule has 0 amide bonds. The number of carbonyl (C=O) groups is 1. The molecule has 2 rings (SSSR count). The van der Waals surface area contributed by atoms with Crippen molar-refractivity contribution in [2.24, 2.45) is 0 Å². The SMILES string of the molecule is COc1c(C2CNCCO2)cc(Cl)c(C=O)c1OC. The van der Waals surface area contributed by atoms with Gasteiger partial charge in [0, 0.05) is 18.7 Å². The number of hydrogen-bond donors (Lipinski definition) is 1. The monoisotopic (exact) mass is 285 g/mol. The average Bonchev–Trinajstić information content (AvgIpc) is 2.46. The van der Waals surface area contributed by atoms with Gasteiger partial charge in [0.15, 0.2) is 17.8 Å². The number of rotatable bonds is 4. The molecule has 1 fully saturated rings.